The third kappa shape index (κ3) is 5.80. The van der Waals surface area contributed by atoms with Gasteiger partial charge in [-0.25, -0.2) is 9.37 Å². The highest BCUT2D eigenvalue weighted by Gasteiger charge is 2.21. The molecule has 30 heavy (non-hydrogen) atoms. The Hall–Kier alpha value is -1.51. The molecule has 0 spiro atoms. The smallest absolute Gasteiger partial charge is 0.147 e. The minimum absolute atomic E-state index is 0.127. The van der Waals surface area contributed by atoms with Gasteiger partial charge in [-0.05, 0) is 60.7 Å². The number of ether oxygens (including phenoxy) is 1. The van der Waals surface area contributed by atoms with Crippen LogP contribution in [0.2, 0.25) is 10.0 Å². The van der Waals surface area contributed by atoms with Gasteiger partial charge in [-0.15, -0.1) is 11.3 Å². The number of halogens is 3. The van der Waals surface area contributed by atoms with Crippen LogP contribution in [0.3, 0.4) is 0 Å². The lowest BCUT2D eigenvalue weighted by Crippen LogP contribution is -2.37. The second-order valence-electron chi connectivity index (χ2n) is 7.01. The predicted molar refractivity (Wildman–Crippen MR) is 123 cm³/mol. The molecular weight excluding hydrogens is 464 g/mol. The second kappa shape index (κ2) is 10.2. The summed E-state index contributed by atoms with van der Waals surface area (Å²) in [6.45, 7) is 2.57. The first-order chi connectivity index (χ1) is 14.6. The minimum Gasteiger partial charge on any atom is -0.489 e. The molecule has 1 N–H and O–H groups in total. The Bertz CT molecular complexity index is 982. The van der Waals surface area contributed by atoms with Crippen molar-refractivity contribution in [1.82, 2.24) is 9.88 Å². The third-order valence-corrected chi connectivity index (χ3v) is 6.80. The molecule has 0 atom stereocenters. The van der Waals surface area contributed by atoms with Gasteiger partial charge >= 0.3 is 0 Å². The van der Waals surface area contributed by atoms with E-state index in [1.807, 2.05) is 23.6 Å². The van der Waals surface area contributed by atoms with Crippen molar-refractivity contribution in [3.05, 3.63) is 68.7 Å². The Labute approximate surface area is 193 Å². The number of aromatic nitrogens is 1. The molecule has 1 aromatic heterocycles. The number of nitrogens with zero attached hydrogens (tertiary/aromatic N) is 2. The predicted octanol–water partition coefficient (Wildman–Crippen LogP) is 6.75. The number of benzene rings is 2. The zero-order valence-corrected chi connectivity index (χ0v) is 19.1. The number of nitrogens with one attached hydrogen (secondary N) is 1. The highest BCUT2D eigenvalue weighted by atomic mass is 35.5. The van der Waals surface area contributed by atoms with Gasteiger partial charge < -0.3 is 9.46 Å². The van der Waals surface area contributed by atoms with Crippen LogP contribution in [0.15, 0.2) is 52.2 Å². The van der Waals surface area contributed by atoms with Crippen LogP contribution in [-0.2, 0) is 6.54 Å². The lowest BCUT2D eigenvalue weighted by molar-refractivity contribution is 0.0968. The monoisotopic (exact) mass is 483 g/mol. The standard InChI is InChI=1S/C21H20Cl2FN3OS2/c22-17-9-14(1-3-19(17)24)11-27-7-5-15(6-8-27)28-20-4-2-16(10-18(20)23)30-26-21-12-29-13-25-21/h1-4,9-10,12-13,15,26H,5-8,11H2. The molecule has 0 unspecified atom stereocenters. The number of likely N-dealkylation sites (tertiary alicyclic amines) is 1. The normalized spacial score (nSPS) is 15.3. The number of rotatable bonds is 7. The van der Waals surface area contributed by atoms with Crippen LogP contribution in [-0.4, -0.2) is 29.1 Å². The molecule has 2 aromatic carbocycles. The molecule has 1 fully saturated rings. The zero-order valence-electron chi connectivity index (χ0n) is 16.0. The first kappa shape index (κ1) is 21.7. The molecular formula is C21H20Cl2FN3OS2. The molecule has 1 aliphatic heterocycles. The topological polar surface area (TPSA) is 37.4 Å². The van der Waals surface area contributed by atoms with E-state index in [9.17, 15) is 4.39 Å². The van der Waals surface area contributed by atoms with Gasteiger partial charge in [0.2, 0.25) is 0 Å². The van der Waals surface area contributed by atoms with Crippen molar-refractivity contribution >= 4 is 52.3 Å². The lowest BCUT2D eigenvalue weighted by atomic mass is 10.1. The largest absolute Gasteiger partial charge is 0.489 e. The van der Waals surface area contributed by atoms with Crippen molar-refractivity contribution in [2.75, 3.05) is 17.8 Å². The Morgan fingerprint density at radius 1 is 1.17 bits per heavy atom. The molecule has 158 valence electrons. The van der Waals surface area contributed by atoms with E-state index in [1.54, 1.807) is 29.0 Å². The first-order valence-corrected chi connectivity index (χ1v) is 12.0. The first-order valence-electron chi connectivity index (χ1n) is 9.50. The summed E-state index contributed by atoms with van der Waals surface area (Å²) in [5.74, 6) is 1.15. The van der Waals surface area contributed by atoms with Crippen molar-refractivity contribution in [1.29, 1.82) is 0 Å². The highest BCUT2D eigenvalue weighted by Crippen LogP contribution is 2.32. The summed E-state index contributed by atoms with van der Waals surface area (Å²) in [5.41, 5.74) is 2.80. The Kier molecular flexibility index (Phi) is 7.38. The summed E-state index contributed by atoms with van der Waals surface area (Å²) in [6, 6.07) is 10.7. The number of thiazole rings is 1. The van der Waals surface area contributed by atoms with Gasteiger partial charge in [0.25, 0.3) is 0 Å². The van der Waals surface area contributed by atoms with E-state index >= 15 is 0 Å². The van der Waals surface area contributed by atoms with Gasteiger partial charge in [-0.2, -0.15) is 0 Å². The van der Waals surface area contributed by atoms with Crippen LogP contribution >= 0.6 is 46.5 Å². The maximum absolute atomic E-state index is 13.3. The van der Waals surface area contributed by atoms with Crippen molar-refractivity contribution in [2.24, 2.45) is 0 Å². The molecule has 0 amide bonds. The van der Waals surface area contributed by atoms with E-state index < -0.39 is 0 Å². The van der Waals surface area contributed by atoms with Crippen LogP contribution in [0.5, 0.6) is 5.75 Å². The molecule has 0 aliphatic carbocycles. The van der Waals surface area contributed by atoms with E-state index in [0.29, 0.717) is 10.8 Å². The fraction of sp³-hybridized carbons (Fsp3) is 0.286. The van der Waals surface area contributed by atoms with Crippen LogP contribution in [0.4, 0.5) is 10.2 Å². The van der Waals surface area contributed by atoms with Crippen molar-refractivity contribution < 1.29 is 9.13 Å². The molecule has 0 radical (unpaired) electrons. The highest BCUT2D eigenvalue weighted by molar-refractivity contribution is 8.00. The zero-order chi connectivity index (χ0) is 20.9. The average molecular weight is 484 g/mol. The maximum atomic E-state index is 13.3. The molecule has 0 saturated carbocycles. The maximum Gasteiger partial charge on any atom is 0.147 e. The average Bonchev–Trinajstić information content (AvgIpc) is 3.26. The van der Waals surface area contributed by atoms with Crippen LogP contribution in [0.1, 0.15) is 18.4 Å². The van der Waals surface area contributed by atoms with E-state index in [4.69, 9.17) is 27.9 Å². The minimum atomic E-state index is -0.382. The molecule has 9 heteroatoms. The van der Waals surface area contributed by atoms with Gasteiger partial charge in [0, 0.05) is 29.9 Å². The quantitative estimate of drug-likeness (QED) is 0.376. The molecule has 1 saturated heterocycles. The van der Waals surface area contributed by atoms with Crippen LogP contribution in [0.25, 0.3) is 0 Å². The molecule has 4 rings (SSSR count). The number of anilines is 1. The van der Waals surface area contributed by atoms with Gasteiger partial charge in [0.05, 0.1) is 15.6 Å². The Morgan fingerprint density at radius 3 is 2.70 bits per heavy atom. The number of hydrogen-bond acceptors (Lipinski definition) is 6. The fourth-order valence-electron chi connectivity index (χ4n) is 3.28. The Balaban J connectivity index is 1.26. The van der Waals surface area contributed by atoms with Crippen LogP contribution < -0.4 is 9.46 Å². The SMILES string of the molecule is Fc1ccc(CN2CCC(Oc3ccc(SNc4cscn4)cc3Cl)CC2)cc1Cl. The molecule has 3 aromatic rings. The Morgan fingerprint density at radius 2 is 2.00 bits per heavy atom. The van der Waals surface area contributed by atoms with Crippen LogP contribution in [0, 0.1) is 5.82 Å². The third-order valence-electron chi connectivity index (χ3n) is 4.83. The summed E-state index contributed by atoms with van der Waals surface area (Å²) in [7, 11) is 0. The number of hydrogen-bond donors (Lipinski definition) is 1. The van der Waals surface area contributed by atoms with E-state index in [2.05, 4.69) is 14.6 Å². The van der Waals surface area contributed by atoms with Gasteiger partial charge in [-0.3, -0.25) is 4.90 Å². The van der Waals surface area contributed by atoms with E-state index in [0.717, 1.165) is 48.8 Å². The molecule has 4 nitrogen and oxygen atoms in total. The molecule has 0 bridgehead atoms. The van der Waals surface area contributed by atoms with Gasteiger partial charge in [0.1, 0.15) is 23.5 Å². The second-order valence-corrected chi connectivity index (χ2v) is 9.42. The van der Waals surface area contributed by atoms with Gasteiger partial charge in [-0.1, -0.05) is 29.3 Å². The summed E-state index contributed by atoms with van der Waals surface area (Å²) in [5, 5.41) is 2.72. The van der Waals surface area contributed by atoms with Gasteiger partial charge in [0.15, 0.2) is 0 Å². The van der Waals surface area contributed by atoms with E-state index in [-0.39, 0.29) is 16.9 Å². The summed E-state index contributed by atoms with van der Waals surface area (Å²) in [6.07, 6.45) is 1.95. The van der Waals surface area contributed by atoms with E-state index in [1.165, 1.54) is 18.0 Å². The van der Waals surface area contributed by atoms with Crippen molar-refractivity contribution in [3.63, 3.8) is 0 Å². The molecule has 2 heterocycles. The fourth-order valence-corrected chi connectivity index (χ4v) is 4.97. The molecule has 1 aliphatic rings. The summed E-state index contributed by atoms with van der Waals surface area (Å²) < 4.78 is 22.7. The van der Waals surface area contributed by atoms with Crippen molar-refractivity contribution in [2.45, 2.75) is 30.4 Å². The number of piperidine rings is 1. The lowest BCUT2D eigenvalue weighted by Gasteiger charge is -2.32. The summed E-state index contributed by atoms with van der Waals surface area (Å²) in [4.78, 5) is 7.51. The summed E-state index contributed by atoms with van der Waals surface area (Å²) >= 11 is 15.3. The van der Waals surface area contributed by atoms with Crippen molar-refractivity contribution in [3.8, 4) is 5.75 Å².